The lowest BCUT2D eigenvalue weighted by molar-refractivity contribution is 0.0137. The molecule has 0 saturated carbocycles. The van der Waals surface area contributed by atoms with Crippen LogP contribution in [0.1, 0.15) is 41.5 Å². The molecule has 0 radical (unpaired) electrons. The summed E-state index contributed by atoms with van der Waals surface area (Å²) in [6, 6.07) is 3.12. The second-order valence-corrected chi connectivity index (χ2v) is 6.72. The van der Waals surface area contributed by atoms with Crippen LogP contribution in [0.5, 0.6) is 11.5 Å². The minimum atomic E-state index is -1.04. The van der Waals surface area contributed by atoms with Gasteiger partial charge < -0.3 is 18.9 Å². The van der Waals surface area contributed by atoms with Crippen molar-refractivity contribution >= 4 is 12.3 Å². The molecule has 23 heavy (non-hydrogen) atoms. The minimum absolute atomic E-state index is 0.161. The first kappa shape index (κ1) is 18.7. The van der Waals surface area contributed by atoms with E-state index in [4.69, 9.17) is 18.9 Å². The molecule has 0 amide bonds. The van der Waals surface area contributed by atoms with Crippen LogP contribution in [-0.2, 0) is 9.47 Å². The zero-order valence-corrected chi connectivity index (χ0v) is 14.1. The topological polar surface area (TPSA) is 71.1 Å². The van der Waals surface area contributed by atoms with Crippen LogP contribution in [0.25, 0.3) is 0 Å². The number of ether oxygens (including phenoxy) is 4. The molecule has 0 aliphatic rings. The third kappa shape index (κ3) is 7.49. The molecule has 0 N–H and O–H groups in total. The second-order valence-electron chi connectivity index (χ2n) is 6.72. The van der Waals surface area contributed by atoms with Gasteiger partial charge in [-0.15, -0.1) is 0 Å². The number of halogens is 1. The Bertz CT molecular complexity index is 583. The summed E-state index contributed by atoms with van der Waals surface area (Å²) in [6.07, 6.45) is -2.05. The summed E-state index contributed by atoms with van der Waals surface area (Å²) >= 11 is 0. The molecule has 128 valence electrons. The average molecular weight is 327 g/mol. The molecule has 0 aromatic heterocycles. The Kier molecular flexibility index (Phi) is 5.58. The van der Waals surface area contributed by atoms with Crippen LogP contribution in [0.2, 0.25) is 0 Å². The first-order valence-electron chi connectivity index (χ1n) is 6.97. The maximum Gasteiger partial charge on any atom is 0.514 e. The van der Waals surface area contributed by atoms with Gasteiger partial charge in [0.2, 0.25) is 0 Å². The van der Waals surface area contributed by atoms with E-state index in [-0.39, 0.29) is 11.5 Å². The molecule has 0 aliphatic heterocycles. The Morgan fingerprint density at radius 3 is 1.70 bits per heavy atom. The molecule has 7 heteroatoms. The third-order valence-corrected chi connectivity index (χ3v) is 2.07. The van der Waals surface area contributed by atoms with Crippen molar-refractivity contribution in [1.29, 1.82) is 0 Å². The van der Waals surface area contributed by atoms with Crippen LogP contribution >= 0.6 is 0 Å². The van der Waals surface area contributed by atoms with Crippen LogP contribution in [0.15, 0.2) is 18.2 Å². The van der Waals surface area contributed by atoms with E-state index in [1.807, 2.05) is 0 Å². The summed E-state index contributed by atoms with van der Waals surface area (Å²) in [5.74, 6) is -1.11. The number of rotatable bonds is 2. The van der Waals surface area contributed by atoms with E-state index >= 15 is 0 Å². The van der Waals surface area contributed by atoms with Crippen LogP contribution in [0, 0.1) is 5.82 Å². The number of carbonyl (C=O) groups is 2. The van der Waals surface area contributed by atoms with Crippen molar-refractivity contribution < 1.29 is 32.9 Å². The maximum absolute atomic E-state index is 13.3. The summed E-state index contributed by atoms with van der Waals surface area (Å²) in [7, 11) is 0. The highest BCUT2D eigenvalue weighted by atomic mass is 18.2. The van der Waals surface area contributed by atoms with E-state index in [1.165, 1.54) is 0 Å². The molecule has 1 aromatic rings. The number of benzene rings is 1. The summed E-state index contributed by atoms with van der Waals surface area (Å²) in [6.45, 7) is 9.94. The van der Waals surface area contributed by atoms with Crippen molar-refractivity contribution in [2.24, 2.45) is 0 Å². The van der Waals surface area contributed by atoms with Crippen molar-refractivity contribution in [2.75, 3.05) is 0 Å². The van der Waals surface area contributed by atoms with Gasteiger partial charge in [-0.25, -0.2) is 14.0 Å². The van der Waals surface area contributed by atoms with Crippen LogP contribution in [-0.4, -0.2) is 23.5 Å². The Hall–Kier alpha value is -2.31. The second kappa shape index (κ2) is 6.85. The van der Waals surface area contributed by atoms with Crippen molar-refractivity contribution in [3.05, 3.63) is 24.0 Å². The Morgan fingerprint density at radius 2 is 1.26 bits per heavy atom. The van der Waals surface area contributed by atoms with E-state index in [0.717, 1.165) is 18.2 Å². The zero-order valence-electron chi connectivity index (χ0n) is 14.1. The fourth-order valence-electron chi connectivity index (χ4n) is 1.37. The van der Waals surface area contributed by atoms with Gasteiger partial charge >= 0.3 is 12.3 Å². The van der Waals surface area contributed by atoms with Crippen LogP contribution in [0.3, 0.4) is 0 Å². The zero-order chi connectivity index (χ0) is 17.8. The monoisotopic (exact) mass is 327 g/mol. The predicted molar refractivity (Wildman–Crippen MR) is 80.1 cm³/mol. The molecule has 0 unspecified atom stereocenters. The SMILES string of the molecule is CC(C)(C)OC(=O)Oc1ccc([18F])cc1OC(=O)OC(C)(C)C. The normalized spacial score (nSPS) is 11.6. The van der Waals surface area contributed by atoms with Gasteiger partial charge in [-0.05, 0) is 53.7 Å². The molecule has 1 rings (SSSR count). The Labute approximate surface area is 134 Å². The third-order valence-electron chi connectivity index (χ3n) is 2.07. The lowest BCUT2D eigenvalue weighted by Crippen LogP contribution is -2.27. The van der Waals surface area contributed by atoms with Gasteiger partial charge in [-0.2, -0.15) is 0 Å². The van der Waals surface area contributed by atoms with Gasteiger partial charge in [0.15, 0.2) is 11.5 Å². The predicted octanol–water partition coefficient (Wildman–Crippen LogP) is 4.45. The number of hydrogen-bond donors (Lipinski definition) is 0. The fourth-order valence-corrected chi connectivity index (χ4v) is 1.37. The average Bonchev–Trinajstić information content (AvgIpc) is 2.27. The molecular formula is C16H21FO6. The van der Waals surface area contributed by atoms with E-state index in [2.05, 4.69) is 0 Å². The first-order valence-corrected chi connectivity index (χ1v) is 6.97. The maximum atomic E-state index is 13.3. The lowest BCUT2D eigenvalue weighted by atomic mass is 10.2. The van der Waals surface area contributed by atoms with E-state index in [0.29, 0.717) is 0 Å². The highest BCUT2D eigenvalue weighted by Gasteiger charge is 2.23. The first-order chi connectivity index (χ1) is 10.4. The van der Waals surface area contributed by atoms with Gasteiger partial charge in [0, 0.05) is 6.07 Å². The van der Waals surface area contributed by atoms with Crippen molar-refractivity contribution in [1.82, 2.24) is 0 Å². The van der Waals surface area contributed by atoms with Gasteiger partial charge in [-0.3, -0.25) is 0 Å². The number of hydrogen-bond acceptors (Lipinski definition) is 6. The lowest BCUT2D eigenvalue weighted by Gasteiger charge is -2.20. The Balaban J connectivity index is 2.89. The minimum Gasteiger partial charge on any atom is -0.428 e. The van der Waals surface area contributed by atoms with Crippen molar-refractivity contribution in [3.63, 3.8) is 0 Å². The van der Waals surface area contributed by atoms with E-state index < -0.39 is 29.3 Å². The Morgan fingerprint density at radius 1 is 0.826 bits per heavy atom. The molecule has 0 bridgehead atoms. The van der Waals surface area contributed by atoms with Gasteiger partial charge in [-0.1, -0.05) is 0 Å². The van der Waals surface area contributed by atoms with Crippen LogP contribution < -0.4 is 9.47 Å². The molecule has 0 heterocycles. The van der Waals surface area contributed by atoms with Gasteiger partial charge in [0.05, 0.1) is 0 Å². The molecule has 0 atom stereocenters. The quantitative estimate of drug-likeness (QED) is 0.590. The molecule has 0 fully saturated rings. The number of carbonyl (C=O) groups excluding carboxylic acids is 2. The largest absolute Gasteiger partial charge is 0.514 e. The standard InChI is InChI=1S/C16H21FO6/c1-15(2,3)22-13(18)20-11-8-7-10(17)9-12(11)21-14(19)23-16(4,5)6/h7-9H,1-6H3/i17-1. The van der Waals surface area contributed by atoms with Gasteiger partial charge in [0.25, 0.3) is 0 Å². The summed E-state index contributed by atoms with van der Waals surface area (Å²) in [5, 5.41) is 0. The van der Waals surface area contributed by atoms with Gasteiger partial charge in [0.1, 0.15) is 17.0 Å². The molecular weight excluding hydrogens is 306 g/mol. The molecule has 0 aliphatic carbocycles. The summed E-state index contributed by atoms with van der Waals surface area (Å²) in [4.78, 5) is 23.3. The summed E-state index contributed by atoms with van der Waals surface area (Å²) in [5.41, 5.74) is -1.54. The fraction of sp³-hybridized carbons (Fsp3) is 0.500. The van der Waals surface area contributed by atoms with Crippen molar-refractivity contribution in [3.8, 4) is 11.5 Å². The molecule has 6 nitrogen and oxygen atoms in total. The molecule has 0 saturated heterocycles. The van der Waals surface area contributed by atoms with Crippen molar-refractivity contribution in [2.45, 2.75) is 52.7 Å². The highest BCUT2D eigenvalue weighted by Crippen LogP contribution is 2.29. The summed E-state index contributed by atoms with van der Waals surface area (Å²) < 4.78 is 33.1. The smallest absolute Gasteiger partial charge is 0.428 e. The molecule has 0 spiro atoms. The van der Waals surface area contributed by atoms with E-state index in [9.17, 15) is 14.0 Å². The van der Waals surface area contributed by atoms with Crippen LogP contribution in [0.4, 0.5) is 14.0 Å². The highest BCUT2D eigenvalue weighted by molar-refractivity contribution is 5.69. The van der Waals surface area contributed by atoms with E-state index in [1.54, 1.807) is 41.5 Å². The molecule has 1 aromatic carbocycles.